The average molecular weight is 434 g/mol. The number of hydrogen-bond donors (Lipinski definition) is 4. The number of carbonyl (C=O) groups is 2. The summed E-state index contributed by atoms with van der Waals surface area (Å²) in [6.07, 6.45) is 1.51. The zero-order chi connectivity index (χ0) is 23.1. The van der Waals surface area contributed by atoms with Gasteiger partial charge in [-0.3, -0.25) is 20.6 Å². The minimum Gasteiger partial charge on any atom is -0.457 e. The van der Waals surface area contributed by atoms with E-state index in [1.807, 2.05) is 24.3 Å². The lowest BCUT2D eigenvalue weighted by atomic mass is 9.87. The van der Waals surface area contributed by atoms with E-state index in [2.05, 4.69) is 47.2 Å². The Morgan fingerprint density at radius 3 is 2.16 bits per heavy atom. The third-order valence-corrected chi connectivity index (χ3v) is 4.61. The first-order valence-corrected chi connectivity index (χ1v) is 10.1. The molecule has 8 nitrogen and oxygen atoms in total. The second-order valence-corrected chi connectivity index (χ2v) is 8.11. The third kappa shape index (κ3) is 6.21. The lowest BCUT2D eigenvalue weighted by Crippen LogP contribution is -2.33. The highest BCUT2D eigenvalue weighted by molar-refractivity contribution is 5.92. The first kappa shape index (κ1) is 22.6. The maximum atomic E-state index is 12.1. The van der Waals surface area contributed by atoms with E-state index in [1.165, 1.54) is 11.8 Å². The summed E-state index contributed by atoms with van der Waals surface area (Å²) in [5.41, 5.74) is 8.34. The molecule has 0 saturated heterocycles. The molecule has 0 bridgehead atoms. The van der Waals surface area contributed by atoms with Crippen molar-refractivity contribution in [1.82, 2.24) is 15.7 Å². The summed E-state index contributed by atoms with van der Waals surface area (Å²) in [6, 6.07) is 17.6. The van der Waals surface area contributed by atoms with E-state index in [0.29, 0.717) is 22.9 Å². The number of carbonyl (C=O) groups excluding carboxylic acids is 2. The second-order valence-electron chi connectivity index (χ2n) is 8.11. The highest BCUT2D eigenvalue weighted by atomic mass is 16.5. The molecule has 1 heterocycles. The molecule has 0 unspecified atom stereocenters. The minimum absolute atomic E-state index is 0.0576. The van der Waals surface area contributed by atoms with Crippen LogP contribution in [0.5, 0.6) is 11.5 Å². The van der Waals surface area contributed by atoms with Gasteiger partial charge in [0, 0.05) is 25.0 Å². The molecule has 0 aliphatic carbocycles. The van der Waals surface area contributed by atoms with E-state index in [9.17, 15) is 9.59 Å². The van der Waals surface area contributed by atoms with Crippen LogP contribution < -0.4 is 26.2 Å². The smallest absolute Gasteiger partial charge is 0.337 e. The Balaban J connectivity index is 1.51. The molecule has 3 aromatic rings. The number of rotatable bonds is 6. The molecule has 2 aromatic carbocycles. The fourth-order valence-electron chi connectivity index (χ4n) is 2.81. The van der Waals surface area contributed by atoms with Crippen LogP contribution in [0, 0.1) is 0 Å². The van der Waals surface area contributed by atoms with E-state index in [1.54, 1.807) is 43.4 Å². The average Bonchev–Trinajstić information content (AvgIpc) is 2.78. The molecule has 3 rings (SSSR count). The zero-order valence-corrected chi connectivity index (χ0v) is 18.5. The van der Waals surface area contributed by atoms with Crippen LogP contribution in [0.25, 0.3) is 0 Å². The lowest BCUT2D eigenvalue weighted by Gasteiger charge is -2.19. The van der Waals surface area contributed by atoms with Crippen LogP contribution in [-0.2, 0) is 5.41 Å². The van der Waals surface area contributed by atoms with Gasteiger partial charge in [-0.2, -0.15) is 0 Å². The normalized spacial score (nSPS) is 10.8. The third-order valence-electron chi connectivity index (χ3n) is 4.61. The highest BCUT2D eigenvalue weighted by Crippen LogP contribution is 2.24. The Labute approximate surface area is 187 Å². The van der Waals surface area contributed by atoms with Gasteiger partial charge < -0.3 is 15.4 Å². The van der Waals surface area contributed by atoms with Gasteiger partial charge >= 0.3 is 6.03 Å². The van der Waals surface area contributed by atoms with Crippen LogP contribution in [0.1, 0.15) is 36.8 Å². The number of hydrazine groups is 1. The molecule has 166 valence electrons. The molecule has 0 aliphatic rings. The standard InChI is InChI=1S/C24H27N5O3/c1-24(2,3)16-5-7-17(8-6-16)27-23(31)29-28-18-9-11-19(12-10-18)32-20-13-14-26-21(15-20)22(30)25-4/h5-15,28H,1-4H3,(H,25,30)(H2,27,29,31). The van der Waals surface area contributed by atoms with Gasteiger partial charge in [-0.15, -0.1) is 0 Å². The van der Waals surface area contributed by atoms with Crippen molar-refractivity contribution < 1.29 is 14.3 Å². The van der Waals surface area contributed by atoms with Crippen LogP contribution in [-0.4, -0.2) is 24.0 Å². The molecule has 0 saturated carbocycles. The first-order valence-electron chi connectivity index (χ1n) is 10.1. The monoisotopic (exact) mass is 433 g/mol. The number of ether oxygens (including phenoxy) is 1. The van der Waals surface area contributed by atoms with Gasteiger partial charge in [-0.05, 0) is 53.4 Å². The van der Waals surface area contributed by atoms with E-state index >= 15 is 0 Å². The molecular weight excluding hydrogens is 406 g/mol. The van der Waals surface area contributed by atoms with Crippen molar-refractivity contribution in [2.45, 2.75) is 26.2 Å². The van der Waals surface area contributed by atoms with Crippen LogP contribution >= 0.6 is 0 Å². The Kier molecular flexibility index (Phi) is 6.94. The molecule has 0 fully saturated rings. The van der Waals surface area contributed by atoms with Gasteiger partial charge in [0.1, 0.15) is 17.2 Å². The fourth-order valence-corrected chi connectivity index (χ4v) is 2.81. The molecule has 32 heavy (non-hydrogen) atoms. The summed E-state index contributed by atoms with van der Waals surface area (Å²) in [5.74, 6) is 0.784. The van der Waals surface area contributed by atoms with Crippen molar-refractivity contribution in [2.24, 2.45) is 0 Å². The number of nitrogens with zero attached hydrogens (tertiary/aromatic N) is 1. The van der Waals surface area contributed by atoms with Crippen molar-refractivity contribution in [1.29, 1.82) is 0 Å². The lowest BCUT2D eigenvalue weighted by molar-refractivity contribution is 0.0958. The SMILES string of the molecule is CNC(=O)c1cc(Oc2ccc(NNC(=O)Nc3ccc(C(C)(C)C)cc3)cc2)ccn1. The molecule has 8 heteroatoms. The maximum absolute atomic E-state index is 12.1. The summed E-state index contributed by atoms with van der Waals surface area (Å²) < 4.78 is 5.76. The number of pyridine rings is 1. The number of nitrogens with one attached hydrogen (secondary N) is 4. The topological polar surface area (TPSA) is 104 Å². The molecule has 0 spiro atoms. The van der Waals surface area contributed by atoms with Gasteiger partial charge in [0.05, 0.1) is 5.69 Å². The molecule has 1 aromatic heterocycles. The van der Waals surface area contributed by atoms with Crippen molar-refractivity contribution in [3.63, 3.8) is 0 Å². The summed E-state index contributed by atoms with van der Waals surface area (Å²) in [7, 11) is 1.54. The summed E-state index contributed by atoms with van der Waals surface area (Å²) in [6.45, 7) is 6.42. The predicted molar refractivity (Wildman–Crippen MR) is 125 cm³/mol. The summed E-state index contributed by atoms with van der Waals surface area (Å²) in [5, 5.41) is 5.30. The van der Waals surface area contributed by atoms with Gasteiger partial charge in [-0.1, -0.05) is 32.9 Å². The van der Waals surface area contributed by atoms with E-state index in [0.717, 1.165) is 0 Å². The Hall–Kier alpha value is -4.07. The van der Waals surface area contributed by atoms with Crippen LogP contribution in [0.2, 0.25) is 0 Å². The molecular formula is C24H27N5O3. The fraction of sp³-hybridized carbons (Fsp3) is 0.208. The van der Waals surface area contributed by atoms with Crippen molar-refractivity contribution >= 4 is 23.3 Å². The molecule has 3 amide bonds. The van der Waals surface area contributed by atoms with Gasteiger partial charge in [-0.25, -0.2) is 4.79 Å². The number of amides is 3. The van der Waals surface area contributed by atoms with Gasteiger partial charge in [0.15, 0.2) is 0 Å². The van der Waals surface area contributed by atoms with Gasteiger partial charge in [0.2, 0.25) is 0 Å². The predicted octanol–water partition coefficient (Wildman–Crippen LogP) is 4.68. The van der Waals surface area contributed by atoms with Crippen molar-refractivity contribution in [3.8, 4) is 11.5 Å². The number of benzene rings is 2. The van der Waals surface area contributed by atoms with Crippen LogP contribution in [0.4, 0.5) is 16.2 Å². The minimum atomic E-state index is -0.382. The summed E-state index contributed by atoms with van der Waals surface area (Å²) in [4.78, 5) is 27.8. The van der Waals surface area contributed by atoms with Crippen LogP contribution in [0.3, 0.4) is 0 Å². The quantitative estimate of drug-likeness (QED) is 0.423. The zero-order valence-electron chi connectivity index (χ0n) is 18.5. The second kappa shape index (κ2) is 9.82. The van der Waals surface area contributed by atoms with Gasteiger partial charge in [0.25, 0.3) is 5.91 Å². The molecule has 0 aliphatic heterocycles. The molecule has 0 atom stereocenters. The van der Waals surface area contributed by atoms with E-state index < -0.39 is 0 Å². The van der Waals surface area contributed by atoms with Crippen LogP contribution in [0.15, 0.2) is 66.9 Å². The number of hydrogen-bond acceptors (Lipinski definition) is 5. The largest absolute Gasteiger partial charge is 0.457 e. The van der Waals surface area contributed by atoms with Crippen molar-refractivity contribution in [2.75, 3.05) is 17.8 Å². The molecule has 4 N–H and O–H groups in total. The number of urea groups is 1. The Bertz CT molecular complexity index is 1070. The Morgan fingerprint density at radius 2 is 1.53 bits per heavy atom. The van der Waals surface area contributed by atoms with Crippen molar-refractivity contribution in [3.05, 3.63) is 78.1 Å². The van der Waals surface area contributed by atoms with E-state index in [4.69, 9.17) is 4.74 Å². The van der Waals surface area contributed by atoms with E-state index in [-0.39, 0.29) is 23.0 Å². The number of anilines is 2. The Morgan fingerprint density at radius 1 is 0.875 bits per heavy atom. The highest BCUT2D eigenvalue weighted by Gasteiger charge is 2.13. The molecule has 0 radical (unpaired) electrons. The number of aromatic nitrogens is 1. The first-order chi connectivity index (χ1) is 15.2. The maximum Gasteiger partial charge on any atom is 0.337 e. The summed E-state index contributed by atoms with van der Waals surface area (Å²) >= 11 is 0.